The molecule has 0 aliphatic rings. The monoisotopic (exact) mass is 312 g/mol. The molecule has 23 heavy (non-hydrogen) atoms. The summed E-state index contributed by atoms with van der Waals surface area (Å²) in [5, 5.41) is 9.09. The molecular formula is C19H24N2O2. The average molecular weight is 312 g/mol. The van der Waals surface area contributed by atoms with Crippen molar-refractivity contribution in [1.29, 1.82) is 0 Å². The molecule has 0 aliphatic carbocycles. The summed E-state index contributed by atoms with van der Waals surface area (Å²) in [5.74, 6) is -0.120. The molecule has 4 nitrogen and oxygen atoms in total. The number of carbonyl (C=O) groups excluding carboxylic acids is 1. The lowest BCUT2D eigenvalue weighted by Crippen LogP contribution is -2.39. The van der Waals surface area contributed by atoms with E-state index < -0.39 is 6.04 Å². The minimum Gasteiger partial charge on any atom is -0.396 e. The van der Waals surface area contributed by atoms with Gasteiger partial charge < -0.3 is 15.7 Å². The number of carbonyl (C=O) groups is 1. The summed E-state index contributed by atoms with van der Waals surface area (Å²) in [6, 6.07) is 16.8. The lowest BCUT2D eigenvalue weighted by molar-refractivity contribution is -0.133. The Morgan fingerprint density at radius 1 is 1.13 bits per heavy atom. The van der Waals surface area contributed by atoms with Crippen LogP contribution in [0.2, 0.25) is 0 Å². The minimum absolute atomic E-state index is 0.0538. The van der Waals surface area contributed by atoms with Crippen molar-refractivity contribution < 1.29 is 9.90 Å². The SMILES string of the molecule is Cc1ccc(CN(CCCO)C(=O)[C@H](N)c2ccccc2)cc1. The van der Waals surface area contributed by atoms with Crippen molar-refractivity contribution in [2.24, 2.45) is 5.73 Å². The molecule has 3 N–H and O–H groups in total. The van der Waals surface area contributed by atoms with Crippen molar-refractivity contribution >= 4 is 5.91 Å². The second-order valence-electron chi connectivity index (χ2n) is 5.71. The van der Waals surface area contributed by atoms with Crippen LogP contribution in [0.25, 0.3) is 0 Å². The summed E-state index contributed by atoms with van der Waals surface area (Å²) in [6.07, 6.45) is 0.541. The number of aryl methyl sites for hydroxylation is 1. The van der Waals surface area contributed by atoms with Gasteiger partial charge in [0.1, 0.15) is 6.04 Å². The molecule has 0 radical (unpaired) electrons. The van der Waals surface area contributed by atoms with Crippen LogP contribution in [0.3, 0.4) is 0 Å². The third kappa shape index (κ3) is 4.91. The normalized spacial score (nSPS) is 12.0. The Bertz CT molecular complexity index is 611. The van der Waals surface area contributed by atoms with Gasteiger partial charge in [-0.15, -0.1) is 0 Å². The Kier molecular flexibility index (Phi) is 6.32. The lowest BCUT2D eigenvalue weighted by atomic mass is 10.1. The molecule has 0 aromatic heterocycles. The largest absolute Gasteiger partial charge is 0.396 e. The number of aliphatic hydroxyl groups is 1. The molecule has 0 aliphatic heterocycles. The quantitative estimate of drug-likeness (QED) is 0.825. The van der Waals surface area contributed by atoms with Gasteiger partial charge in [-0.2, -0.15) is 0 Å². The topological polar surface area (TPSA) is 66.6 Å². The molecule has 0 saturated heterocycles. The highest BCUT2D eigenvalue weighted by Gasteiger charge is 2.22. The van der Waals surface area contributed by atoms with Gasteiger partial charge in [0.25, 0.3) is 0 Å². The highest BCUT2D eigenvalue weighted by atomic mass is 16.3. The zero-order valence-corrected chi connectivity index (χ0v) is 13.5. The molecule has 1 atom stereocenters. The number of nitrogens with zero attached hydrogens (tertiary/aromatic N) is 1. The molecule has 2 aromatic rings. The smallest absolute Gasteiger partial charge is 0.244 e. The van der Waals surface area contributed by atoms with E-state index in [4.69, 9.17) is 10.8 Å². The van der Waals surface area contributed by atoms with Crippen molar-refractivity contribution in [2.45, 2.75) is 25.9 Å². The van der Waals surface area contributed by atoms with E-state index >= 15 is 0 Å². The number of benzene rings is 2. The van der Waals surface area contributed by atoms with Gasteiger partial charge in [0, 0.05) is 19.7 Å². The average Bonchev–Trinajstić information content (AvgIpc) is 2.59. The molecule has 4 heteroatoms. The second kappa shape index (κ2) is 8.46. The Morgan fingerprint density at radius 3 is 2.39 bits per heavy atom. The molecule has 0 fully saturated rings. The van der Waals surface area contributed by atoms with E-state index in [-0.39, 0.29) is 12.5 Å². The van der Waals surface area contributed by atoms with Crippen molar-refractivity contribution in [2.75, 3.05) is 13.2 Å². The Labute approximate surface area is 137 Å². The van der Waals surface area contributed by atoms with E-state index in [0.29, 0.717) is 19.5 Å². The number of hydrogen-bond acceptors (Lipinski definition) is 3. The molecule has 1 amide bonds. The standard InChI is InChI=1S/C19H24N2O2/c1-15-8-10-16(11-9-15)14-21(12-5-13-22)19(23)18(20)17-6-3-2-4-7-17/h2-4,6-11,18,22H,5,12-14,20H2,1H3/t18-/m1/s1. The maximum Gasteiger partial charge on any atom is 0.244 e. The van der Waals surface area contributed by atoms with Crippen LogP contribution < -0.4 is 5.73 Å². The van der Waals surface area contributed by atoms with Gasteiger partial charge >= 0.3 is 0 Å². The Balaban J connectivity index is 2.13. The third-order valence-corrected chi connectivity index (χ3v) is 3.82. The minimum atomic E-state index is -0.680. The van der Waals surface area contributed by atoms with Crippen molar-refractivity contribution in [3.05, 3.63) is 71.3 Å². The Hall–Kier alpha value is -2.17. The van der Waals surface area contributed by atoms with Crippen LogP contribution in [-0.2, 0) is 11.3 Å². The van der Waals surface area contributed by atoms with E-state index in [1.54, 1.807) is 4.90 Å². The van der Waals surface area contributed by atoms with E-state index in [9.17, 15) is 4.79 Å². The third-order valence-electron chi connectivity index (χ3n) is 3.82. The van der Waals surface area contributed by atoms with Gasteiger partial charge in [0.2, 0.25) is 5.91 Å². The van der Waals surface area contributed by atoms with Crippen LogP contribution in [0.15, 0.2) is 54.6 Å². The van der Waals surface area contributed by atoms with Gasteiger partial charge in [-0.05, 0) is 24.5 Å². The second-order valence-corrected chi connectivity index (χ2v) is 5.71. The number of hydrogen-bond donors (Lipinski definition) is 2. The molecule has 0 spiro atoms. The zero-order valence-electron chi connectivity index (χ0n) is 13.5. The van der Waals surface area contributed by atoms with Crippen LogP contribution in [0.4, 0.5) is 0 Å². The highest BCUT2D eigenvalue weighted by Crippen LogP contribution is 2.16. The van der Waals surface area contributed by atoms with E-state index in [2.05, 4.69) is 0 Å². The highest BCUT2D eigenvalue weighted by molar-refractivity contribution is 5.83. The molecule has 2 rings (SSSR count). The fourth-order valence-corrected chi connectivity index (χ4v) is 2.44. The van der Waals surface area contributed by atoms with Crippen LogP contribution >= 0.6 is 0 Å². The van der Waals surface area contributed by atoms with Crippen molar-refractivity contribution in [1.82, 2.24) is 4.90 Å². The summed E-state index contributed by atoms with van der Waals surface area (Å²) in [4.78, 5) is 14.5. The molecule has 0 saturated carbocycles. The van der Waals surface area contributed by atoms with Crippen LogP contribution in [0, 0.1) is 6.92 Å². The lowest BCUT2D eigenvalue weighted by Gasteiger charge is -2.26. The van der Waals surface area contributed by atoms with Gasteiger partial charge in [0.15, 0.2) is 0 Å². The first-order chi connectivity index (χ1) is 11.1. The summed E-state index contributed by atoms with van der Waals surface area (Å²) >= 11 is 0. The number of amides is 1. The fraction of sp³-hybridized carbons (Fsp3) is 0.316. The predicted octanol–water partition coefficient (Wildman–Crippen LogP) is 2.41. The number of aliphatic hydroxyl groups excluding tert-OH is 1. The van der Waals surface area contributed by atoms with Crippen LogP contribution in [-0.4, -0.2) is 29.1 Å². The van der Waals surface area contributed by atoms with Gasteiger partial charge in [0.05, 0.1) is 0 Å². The molecule has 2 aromatic carbocycles. The van der Waals surface area contributed by atoms with Gasteiger partial charge in [-0.1, -0.05) is 60.2 Å². The maximum absolute atomic E-state index is 12.7. The fourth-order valence-electron chi connectivity index (χ4n) is 2.44. The predicted molar refractivity (Wildman–Crippen MR) is 91.7 cm³/mol. The summed E-state index contributed by atoms with van der Waals surface area (Å²) in [6.45, 7) is 3.07. The zero-order chi connectivity index (χ0) is 16.7. The summed E-state index contributed by atoms with van der Waals surface area (Å²) in [7, 11) is 0. The van der Waals surface area contributed by atoms with Crippen LogP contribution in [0.1, 0.15) is 29.2 Å². The maximum atomic E-state index is 12.7. The number of nitrogens with two attached hydrogens (primary N) is 1. The summed E-state index contributed by atoms with van der Waals surface area (Å²) < 4.78 is 0. The molecule has 0 heterocycles. The van der Waals surface area contributed by atoms with Gasteiger partial charge in [-0.25, -0.2) is 0 Å². The van der Waals surface area contributed by atoms with E-state index in [1.165, 1.54) is 5.56 Å². The number of rotatable bonds is 7. The first kappa shape index (κ1) is 17.2. The van der Waals surface area contributed by atoms with Crippen molar-refractivity contribution in [3.63, 3.8) is 0 Å². The molecule has 0 bridgehead atoms. The van der Waals surface area contributed by atoms with Gasteiger partial charge in [-0.3, -0.25) is 4.79 Å². The van der Waals surface area contributed by atoms with E-state index in [0.717, 1.165) is 11.1 Å². The van der Waals surface area contributed by atoms with Crippen LogP contribution in [0.5, 0.6) is 0 Å². The molecule has 122 valence electrons. The van der Waals surface area contributed by atoms with E-state index in [1.807, 2.05) is 61.5 Å². The molecule has 0 unspecified atom stereocenters. The Morgan fingerprint density at radius 2 is 1.78 bits per heavy atom. The molecular weight excluding hydrogens is 288 g/mol. The summed E-state index contributed by atoms with van der Waals surface area (Å²) in [5.41, 5.74) is 9.18. The first-order valence-corrected chi connectivity index (χ1v) is 7.87. The first-order valence-electron chi connectivity index (χ1n) is 7.87. The van der Waals surface area contributed by atoms with Crippen molar-refractivity contribution in [3.8, 4) is 0 Å².